The summed E-state index contributed by atoms with van der Waals surface area (Å²) in [4.78, 5) is 2.44. The third-order valence-electron chi connectivity index (χ3n) is 3.60. The molecule has 18 heavy (non-hydrogen) atoms. The summed E-state index contributed by atoms with van der Waals surface area (Å²) in [7, 11) is 0. The van der Waals surface area contributed by atoms with Crippen molar-refractivity contribution in [2.24, 2.45) is 0 Å². The SMILES string of the molecule is C=CCN1c2ccccc2C[C@@H]1c1ccccc1. The van der Waals surface area contributed by atoms with Gasteiger partial charge in [0, 0.05) is 12.2 Å². The van der Waals surface area contributed by atoms with Gasteiger partial charge in [-0.25, -0.2) is 0 Å². The molecular formula is C17H17N. The van der Waals surface area contributed by atoms with Crippen molar-refractivity contribution in [1.29, 1.82) is 0 Å². The Balaban J connectivity index is 2.00. The molecule has 1 nitrogen and oxygen atoms in total. The molecule has 0 aliphatic carbocycles. The average molecular weight is 235 g/mol. The summed E-state index contributed by atoms with van der Waals surface area (Å²) in [6.07, 6.45) is 3.08. The Bertz CT molecular complexity index is 545. The van der Waals surface area contributed by atoms with Crippen LogP contribution in [0.2, 0.25) is 0 Å². The van der Waals surface area contributed by atoms with Gasteiger partial charge in [-0.1, -0.05) is 54.6 Å². The highest BCUT2D eigenvalue weighted by molar-refractivity contribution is 5.61. The zero-order valence-electron chi connectivity index (χ0n) is 10.4. The summed E-state index contributed by atoms with van der Waals surface area (Å²) in [5.41, 5.74) is 4.18. The van der Waals surface area contributed by atoms with Crippen molar-refractivity contribution >= 4 is 5.69 Å². The number of hydrogen-bond donors (Lipinski definition) is 0. The van der Waals surface area contributed by atoms with E-state index in [0.29, 0.717) is 6.04 Å². The Kier molecular flexibility index (Phi) is 2.89. The van der Waals surface area contributed by atoms with E-state index in [1.807, 2.05) is 6.08 Å². The van der Waals surface area contributed by atoms with Crippen LogP contribution in [-0.4, -0.2) is 6.54 Å². The molecule has 0 saturated heterocycles. The average Bonchev–Trinajstić information content (AvgIpc) is 2.80. The molecule has 0 bridgehead atoms. The van der Waals surface area contributed by atoms with E-state index in [9.17, 15) is 0 Å². The molecule has 0 spiro atoms. The fraction of sp³-hybridized carbons (Fsp3) is 0.176. The normalized spacial score (nSPS) is 17.6. The van der Waals surface area contributed by atoms with E-state index in [2.05, 4.69) is 66.1 Å². The molecule has 0 radical (unpaired) electrons. The monoisotopic (exact) mass is 235 g/mol. The smallest absolute Gasteiger partial charge is 0.0587 e. The maximum atomic E-state index is 3.88. The molecule has 1 aliphatic rings. The van der Waals surface area contributed by atoms with E-state index in [-0.39, 0.29) is 0 Å². The first-order valence-electron chi connectivity index (χ1n) is 6.40. The zero-order chi connectivity index (χ0) is 12.4. The summed E-state index contributed by atoms with van der Waals surface area (Å²) < 4.78 is 0. The largest absolute Gasteiger partial charge is 0.360 e. The lowest BCUT2D eigenvalue weighted by molar-refractivity contribution is 0.691. The number of rotatable bonds is 3. The number of nitrogens with zero attached hydrogens (tertiary/aromatic N) is 1. The van der Waals surface area contributed by atoms with Crippen molar-refractivity contribution in [1.82, 2.24) is 0 Å². The molecule has 1 atom stereocenters. The molecule has 90 valence electrons. The van der Waals surface area contributed by atoms with Gasteiger partial charge in [0.2, 0.25) is 0 Å². The zero-order valence-corrected chi connectivity index (χ0v) is 10.4. The van der Waals surface area contributed by atoms with E-state index in [1.165, 1.54) is 16.8 Å². The second-order valence-corrected chi connectivity index (χ2v) is 4.70. The molecule has 0 unspecified atom stereocenters. The van der Waals surface area contributed by atoms with Crippen molar-refractivity contribution < 1.29 is 0 Å². The summed E-state index contributed by atoms with van der Waals surface area (Å²) in [5, 5.41) is 0. The summed E-state index contributed by atoms with van der Waals surface area (Å²) in [6.45, 7) is 4.78. The van der Waals surface area contributed by atoms with Gasteiger partial charge in [0.05, 0.1) is 6.04 Å². The number of hydrogen-bond acceptors (Lipinski definition) is 1. The van der Waals surface area contributed by atoms with Crippen LogP contribution in [0.3, 0.4) is 0 Å². The molecule has 0 aromatic heterocycles. The second kappa shape index (κ2) is 4.69. The van der Waals surface area contributed by atoms with Crippen molar-refractivity contribution in [3.63, 3.8) is 0 Å². The van der Waals surface area contributed by atoms with Gasteiger partial charge < -0.3 is 4.90 Å². The fourth-order valence-electron chi connectivity index (χ4n) is 2.79. The maximum absolute atomic E-state index is 3.88. The summed E-state index contributed by atoms with van der Waals surface area (Å²) in [6, 6.07) is 19.9. The van der Waals surface area contributed by atoms with E-state index in [4.69, 9.17) is 0 Å². The topological polar surface area (TPSA) is 3.24 Å². The first-order chi connectivity index (χ1) is 8.90. The number of fused-ring (bicyclic) bond motifs is 1. The Labute approximate surface area is 108 Å². The van der Waals surface area contributed by atoms with Crippen LogP contribution in [0.15, 0.2) is 67.3 Å². The van der Waals surface area contributed by atoms with Gasteiger partial charge in [0.25, 0.3) is 0 Å². The molecule has 1 heterocycles. The lowest BCUT2D eigenvalue weighted by Gasteiger charge is -2.26. The van der Waals surface area contributed by atoms with E-state index in [1.54, 1.807) is 0 Å². The van der Waals surface area contributed by atoms with Gasteiger partial charge >= 0.3 is 0 Å². The van der Waals surface area contributed by atoms with E-state index in [0.717, 1.165) is 13.0 Å². The number of para-hydroxylation sites is 1. The molecule has 0 N–H and O–H groups in total. The summed E-state index contributed by atoms with van der Waals surface area (Å²) >= 11 is 0. The van der Waals surface area contributed by atoms with Crippen LogP contribution in [0.5, 0.6) is 0 Å². The maximum Gasteiger partial charge on any atom is 0.0587 e. The van der Waals surface area contributed by atoms with Crippen LogP contribution >= 0.6 is 0 Å². The minimum atomic E-state index is 0.446. The molecule has 1 aliphatic heterocycles. The molecule has 0 fully saturated rings. The molecular weight excluding hydrogens is 218 g/mol. The van der Waals surface area contributed by atoms with Gasteiger partial charge in [0.1, 0.15) is 0 Å². The minimum Gasteiger partial charge on any atom is -0.360 e. The van der Waals surface area contributed by atoms with Crippen LogP contribution in [0.4, 0.5) is 5.69 Å². The molecule has 3 rings (SSSR count). The molecule has 1 heteroatoms. The highest BCUT2D eigenvalue weighted by atomic mass is 15.2. The van der Waals surface area contributed by atoms with Crippen LogP contribution < -0.4 is 4.90 Å². The van der Waals surface area contributed by atoms with Crippen molar-refractivity contribution in [3.05, 3.63) is 78.4 Å². The third-order valence-corrected chi connectivity index (χ3v) is 3.60. The first-order valence-corrected chi connectivity index (χ1v) is 6.40. The Morgan fingerprint density at radius 1 is 1.06 bits per heavy atom. The molecule has 0 saturated carbocycles. The van der Waals surface area contributed by atoms with Gasteiger partial charge in [-0.05, 0) is 23.6 Å². The number of anilines is 1. The lowest BCUT2D eigenvalue weighted by atomic mass is 10.0. The lowest BCUT2D eigenvalue weighted by Crippen LogP contribution is -2.24. The van der Waals surface area contributed by atoms with Crippen LogP contribution in [0.1, 0.15) is 17.2 Å². The standard InChI is InChI=1S/C17H17N/c1-2-12-18-16-11-7-6-10-15(16)13-17(18)14-8-4-3-5-9-14/h2-11,17H,1,12-13H2/t17-/m1/s1. The van der Waals surface area contributed by atoms with Crippen LogP contribution in [0.25, 0.3) is 0 Å². The highest BCUT2D eigenvalue weighted by Crippen LogP contribution is 2.39. The predicted molar refractivity (Wildman–Crippen MR) is 76.9 cm³/mol. The van der Waals surface area contributed by atoms with Crippen LogP contribution in [0, 0.1) is 0 Å². The molecule has 2 aromatic carbocycles. The number of benzene rings is 2. The van der Waals surface area contributed by atoms with Crippen molar-refractivity contribution in [2.45, 2.75) is 12.5 Å². The predicted octanol–water partition coefficient (Wildman–Crippen LogP) is 3.98. The quantitative estimate of drug-likeness (QED) is 0.727. The summed E-state index contributed by atoms with van der Waals surface area (Å²) in [5.74, 6) is 0. The van der Waals surface area contributed by atoms with E-state index < -0.39 is 0 Å². The van der Waals surface area contributed by atoms with Gasteiger partial charge in [-0.15, -0.1) is 6.58 Å². The highest BCUT2D eigenvalue weighted by Gasteiger charge is 2.28. The van der Waals surface area contributed by atoms with Crippen molar-refractivity contribution in [2.75, 3.05) is 11.4 Å². The van der Waals surface area contributed by atoms with Crippen molar-refractivity contribution in [3.8, 4) is 0 Å². The van der Waals surface area contributed by atoms with Gasteiger partial charge in [-0.2, -0.15) is 0 Å². The first kappa shape index (κ1) is 11.1. The third kappa shape index (κ3) is 1.82. The Morgan fingerprint density at radius 2 is 1.78 bits per heavy atom. The molecule has 2 aromatic rings. The Morgan fingerprint density at radius 3 is 2.56 bits per heavy atom. The molecule has 0 amide bonds. The Hall–Kier alpha value is -2.02. The van der Waals surface area contributed by atoms with Crippen LogP contribution in [-0.2, 0) is 6.42 Å². The van der Waals surface area contributed by atoms with Gasteiger partial charge in [0.15, 0.2) is 0 Å². The second-order valence-electron chi connectivity index (χ2n) is 4.70. The minimum absolute atomic E-state index is 0.446. The van der Waals surface area contributed by atoms with Gasteiger partial charge in [-0.3, -0.25) is 0 Å². The van der Waals surface area contributed by atoms with E-state index >= 15 is 0 Å². The fourth-order valence-corrected chi connectivity index (χ4v) is 2.79.